The molecule has 0 saturated carbocycles. The van der Waals surface area contributed by atoms with E-state index in [9.17, 15) is 13.2 Å². The summed E-state index contributed by atoms with van der Waals surface area (Å²) in [5.74, 6) is -1.15. The smallest absolute Gasteiger partial charge is 0.162 e. The Kier molecular flexibility index (Phi) is 14.7. The first-order valence-corrected chi connectivity index (χ1v) is 9.44. The molecule has 0 atom stereocenters. The highest BCUT2D eigenvalue weighted by atomic mass is 19.2. The van der Waals surface area contributed by atoms with E-state index in [0.29, 0.717) is 11.5 Å². The molecule has 0 N–H and O–H groups in total. The van der Waals surface area contributed by atoms with Crippen LogP contribution in [0.2, 0.25) is 0 Å². The van der Waals surface area contributed by atoms with Crippen molar-refractivity contribution in [1.29, 1.82) is 0 Å². The van der Waals surface area contributed by atoms with Gasteiger partial charge >= 0.3 is 0 Å². The predicted molar refractivity (Wildman–Crippen MR) is 108 cm³/mol. The lowest BCUT2D eigenvalue weighted by Crippen LogP contribution is -1.95. The molecule has 2 aromatic carbocycles. The second-order valence-corrected chi connectivity index (χ2v) is 5.96. The summed E-state index contributed by atoms with van der Waals surface area (Å²) >= 11 is 0. The van der Waals surface area contributed by atoms with Gasteiger partial charge in [-0.3, -0.25) is 0 Å². The maximum atomic E-state index is 12.9. The lowest BCUT2D eigenvalue weighted by atomic mass is 10.0. The number of hydrogen-bond acceptors (Lipinski definition) is 0. The quantitative estimate of drug-likeness (QED) is 0.499. The number of benzene rings is 2. The second kappa shape index (κ2) is 14.4. The Morgan fingerprint density at radius 3 is 1.62 bits per heavy atom. The molecular formula is C23H35F3. The average molecular weight is 369 g/mol. The molecule has 0 spiro atoms. The summed E-state index contributed by atoms with van der Waals surface area (Å²) in [4.78, 5) is 0. The fourth-order valence-electron chi connectivity index (χ4n) is 1.93. The van der Waals surface area contributed by atoms with E-state index in [4.69, 9.17) is 0 Å². The van der Waals surface area contributed by atoms with E-state index in [-0.39, 0.29) is 11.7 Å². The molecule has 0 heterocycles. The zero-order chi connectivity index (χ0) is 20.9. The highest BCUT2D eigenvalue weighted by Crippen LogP contribution is 2.19. The largest absolute Gasteiger partial charge is 0.207 e. The van der Waals surface area contributed by atoms with Gasteiger partial charge in [-0.15, -0.1) is 0 Å². The van der Waals surface area contributed by atoms with Gasteiger partial charge in [0.05, 0.1) is 0 Å². The van der Waals surface area contributed by atoms with Crippen LogP contribution in [0.3, 0.4) is 0 Å². The molecule has 2 aromatic rings. The zero-order valence-electron chi connectivity index (χ0n) is 17.8. The number of aryl methyl sites for hydroxylation is 1. The van der Waals surface area contributed by atoms with Crippen molar-refractivity contribution in [2.75, 3.05) is 0 Å². The van der Waals surface area contributed by atoms with Crippen molar-refractivity contribution < 1.29 is 13.2 Å². The highest BCUT2D eigenvalue weighted by Gasteiger charge is 2.09. The second-order valence-electron chi connectivity index (χ2n) is 5.96. The van der Waals surface area contributed by atoms with Crippen LogP contribution in [0.1, 0.15) is 83.9 Å². The third kappa shape index (κ3) is 9.07. The van der Waals surface area contributed by atoms with Crippen LogP contribution in [0.15, 0.2) is 36.4 Å². The maximum Gasteiger partial charge on any atom is 0.162 e. The SMILES string of the molecule is CC.CC.CC(C)c1cccc(F)c1F.Cc1ccc(C(C)C)cc1F. The summed E-state index contributed by atoms with van der Waals surface area (Å²) in [6.45, 7) is 17.6. The molecular weight excluding hydrogens is 333 g/mol. The fraction of sp³-hybridized carbons (Fsp3) is 0.478. The molecule has 3 heteroatoms. The van der Waals surface area contributed by atoms with Crippen LogP contribution in [-0.4, -0.2) is 0 Å². The average Bonchev–Trinajstić information content (AvgIpc) is 2.63. The van der Waals surface area contributed by atoms with Crippen LogP contribution in [0.4, 0.5) is 13.2 Å². The van der Waals surface area contributed by atoms with Crippen LogP contribution in [-0.2, 0) is 0 Å². The summed E-state index contributed by atoms with van der Waals surface area (Å²) in [6, 6.07) is 9.66. The Morgan fingerprint density at radius 2 is 1.23 bits per heavy atom. The van der Waals surface area contributed by atoms with Crippen molar-refractivity contribution in [3.05, 3.63) is 70.5 Å². The number of halogens is 3. The number of rotatable bonds is 2. The summed E-state index contributed by atoms with van der Waals surface area (Å²) in [5.41, 5.74) is 2.22. The zero-order valence-corrected chi connectivity index (χ0v) is 17.8. The van der Waals surface area contributed by atoms with Gasteiger partial charge in [0.25, 0.3) is 0 Å². The molecule has 0 bridgehead atoms. The minimum absolute atomic E-state index is 0.0331. The first-order chi connectivity index (χ1) is 12.2. The summed E-state index contributed by atoms with van der Waals surface area (Å²) < 4.78 is 38.4. The van der Waals surface area contributed by atoms with Crippen molar-refractivity contribution in [2.45, 2.75) is 74.1 Å². The van der Waals surface area contributed by atoms with E-state index >= 15 is 0 Å². The summed E-state index contributed by atoms with van der Waals surface area (Å²) in [7, 11) is 0. The molecule has 0 aromatic heterocycles. The van der Waals surface area contributed by atoms with Gasteiger partial charge in [0.2, 0.25) is 0 Å². The van der Waals surface area contributed by atoms with Gasteiger partial charge in [0.1, 0.15) is 5.82 Å². The van der Waals surface area contributed by atoms with E-state index in [2.05, 4.69) is 13.8 Å². The van der Waals surface area contributed by atoms with Gasteiger partial charge < -0.3 is 0 Å². The van der Waals surface area contributed by atoms with Crippen molar-refractivity contribution in [1.82, 2.24) is 0 Å². The van der Waals surface area contributed by atoms with Crippen molar-refractivity contribution in [3.63, 3.8) is 0 Å². The molecule has 0 unspecified atom stereocenters. The molecule has 0 fully saturated rings. The van der Waals surface area contributed by atoms with E-state index < -0.39 is 11.6 Å². The fourth-order valence-corrected chi connectivity index (χ4v) is 1.93. The van der Waals surface area contributed by atoms with Gasteiger partial charge in [0, 0.05) is 0 Å². The van der Waals surface area contributed by atoms with Crippen LogP contribution >= 0.6 is 0 Å². The molecule has 26 heavy (non-hydrogen) atoms. The lowest BCUT2D eigenvalue weighted by Gasteiger charge is -2.05. The Bertz CT molecular complexity index is 617. The molecule has 0 aliphatic carbocycles. The summed E-state index contributed by atoms with van der Waals surface area (Å²) in [5, 5.41) is 0. The van der Waals surface area contributed by atoms with Crippen LogP contribution in [0.25, 0.3) is 0 Å². The Morgan fingerprint density at radius 1 is 0.692 bits per heavy atom. The molecule has 0 amide bonds. The monoisotopic (exact) mass is 368 g/mol. The van der Waals surface area contributed by atoms with E-state index in [1.807, 2.05) is 53.7 Å². The molecule has 0 aliphatic heterocycles. The van der Waals surface area contributed by atoms with E-state index in [1.54, 1.807) is 19.1 Å². The predicted octanol–water partition coefficient (Wildman–Crippen LogP) is 8.40. The molecule has 0 aliphatic rings. The minimum atomic E-state index is -0.767. The molecule has 0 radical (unpaired) electrons. The van der Waals surface area contributed by atoms with Gasteiger partial charge in [-0.2, -0.15) is 0 Å². The number of hydrogen-bond donors (Lipinski definition) is 0. The lowest BCUT2D eigenvalue weighted by molar-refractivity contribution is 0.494. The van der Waals surface area contributed by atoms with Gasteiger partial charge in [-0.25, -0.2) is 13.2 Å². The topological polar surface area (TPSA) is 0 Å². The molecule has 148 valence electrons. The highest BCUT2D eigenvalue weighted by molar-refractivity contribution is 5.25. The van der Waals surface area contributed by atoms with E-state index in [1.165, 1.54) is 6.07 Å². The van der Waals surface area contributed by atoms with Crippen molar-refractivity contribution >= 4 is 0 Å². The summed E-state index contributed by atoms with van der Waals surface area (Å²) in [6.07, 6.45) is 0. The third-order valence-corrected chi connectivity index (χ3v) is 3.47. The van der Waals surface area contributed by atoms with E-state index in [0.717, 1.165) is 17.2 Å². The molecule has 2 rings (SSSR count). The third-order valence-electron chi connectivity index (χ3n) is 3.47. The first kappa shape index (κ1) is 26.5. The van der Waals surface area contributed by atoms with Crippen molar-refractivity contribution in [2.24, 2.45) is 0 Å². The Labute approximate surface area is 158 Å². The van der Waals surface area contributed by atoms with Crippen LogP contribution < -0.4 is 0 Å². The normalized spacial score (nSPS) is 9.46. The van der Waals surface area contributed by atoms with Crippen molar-refractivity contribution in [3.8, 4) is 0 Å². The standard InChI is InChI=1S/C10H13F.C9H10F2.2C2H6/c1-7(2)9-5-4-8(3)10(11)6-9;1-6(2)7-4-3-5-8(10)9(7)11;2*1-2/h4-7H,1-3H3;3-6H,1-2H3;2*1-2H3. The van der Waals surface area contributed by atoms with Gasteiger partial charge in [0.15, 0.2) is 11.6 Å². The Balaban J connectivity index is 0. The van der Waals surface area contributed by atoms with Crippen LogP contribution in [0, 0.1) is 24.4 Å². The van der Waals surface area contributed by atoms with Crippen LogP contribution in [0.5, 0.6) is 0 Å². The maximum absolute atomic E-state index is 12.9. The van der Waals surface area contributed by atoms with Gasteiger partial charge in [-0.1, -0.05) is 79.7 Å². The first-order valence-electron chi connectivity index (χ1n) is 9.44. The van der Waals surface area contributed by atoms with Gasteiger partial charge in [-0.05, 0) is 47.6 Å². The molecule has 0 saturated heterocycles. The Hall–Kier alpha value is -1.77. The molecule has 0 nitrogen and oxygen atoms in total. The minimum Gasteiger partial charge on any atom is -0.207 e.